The van der Waals surface area contributed by atoms with Crippen molar-refractivity contribution in [3.05, 3.63) is 29.8 Å². The number of hydrogen-bond acceptors (Lipinski definition) is 4. The standard InChI is InChI=1S/C17H25N3O3S/c1-2-19-24(22,23)15-5-3-4-14(12-15)16(21)20-10-7-17(8-11-20)6-9-18-13-17/h3-5,12,18-19H,2,6-11,13H2,1H3. The molecule has 6 nitrogen and oxygen atoms in total. The van der Waals surface area contributed by atoms with Crippen molar-refractivity contribution < 1.29 is 13.2 Å². The summed E-state index contributed by atoms with van der Waals surface area (Å²) < 4.78 is 26.7. The molecule has 132 valence electrons. The molecule has 0 saturated carbocycles. The van der Waals surface area contributed by atoms with E-state index < -0.39 is 10.0 Å². The third kappa shape index (κ3) is 3.48. The maximum Gasteiger partial charge on any atom is 0.253 e. The Balaban J connectivity index is 1.72. The average molecular weight is 351 g/mol. The zero-order valence-electron chi connectivity index (χ0n) is 14.0. The van der Waals surface area contributed by atoms with E-state index in [1.807, 2.05) is 4.90 Å². The zero-order valence-corrected chi connectivity index (χ0v) is 14.9. The predicted molar refractivity (Wildman–Crippen MR) is 92.4 cm³/mol. The summed E-state index contributed by atoms with van der Waals surface area (Å²) in [4.78, 5) is 14.7. The second-order valence-electron chi connectivity index (χ2n) is 6.75. The highest BCUT2D eigenvalue weighted by molar-refractivity contribution is 7.89. The summed E-state index contributed by atoms with van der Waals surface area (Å²) in [6.07, 6.45) is 3.22. The van der Waals surface area contributed by atoms with Gasteiger partial charge in [0.2, 0.25) is 10.0 Å². The number of carbonyl (C=O) groups excluding carboxylic acids is 1. The molecule has 2 fully saturated rings. The molecule has 1 spiro atoms. The third-order valence-electron chi connectivity index (χ3n) is 5.17. The van der Waals surface area contributed by atoms with Crippen molar-refractivity contribution in [2.24, 2.45) is 5.41 Å². The predicted octanol–water partition coefficient (Wildman–Crippen LogP) is 1.20. The summed E-state index contributed by atoms with van der Waals surface area (Å²) in [6.45, 7) is 5.65. The fourth-order valence-corrected chi connectivity index (χ4v) is 4.75. The van der Waals surface area contributed by atoms with Crippen LogP contribution in [0.2, 0.25) is 0 Å². The number of sulfonamides is 1. The van der Waals surface area contributed by atoms with Crippen LogP contribution in [0.15, 0.2) is 29.2 Å². The van der Waals surface area contributed by atoms with E-state index >= 15 is 0 Å². The van der Waals surface area contributed by atoms with Gasteiger partial charge in [0.15, 0.2) is 0 Å². The van der Waals surface area contributed by atoms with Gasteiger partial charge in [-0.05, 0) is 49.4 Å². The molecule has 0 bridgehead atoms. The van der Waals surface area contributed by atoms with Gasteiger partial charge in [0.25, 0.3) is 5.91 Å². The van der Waals surface area contributed by atoms with E-state index in [0.29, 0.717) is 17.5 Å². The Hall–Kier alpha value is -1.44. The van der Waals surface area contributed by atoms with E-state index in [9.17, 15) is 13.2 Å². The number of nitrogens with zero attached hydrogens (tertiary/aromatic N) is 1. The molecule has 2 saturated heterocycles. The number of amides is 1. The quantitative estimate of drug-likeness (QED) is 0.854. The maximum atomic E-state index is 12.7. The van der Waals surface area contributed by atoms with Gasteiger partial charge in [0.05, 0.1) is 4.90 Å². The van der Waals surface area contributed by atoms with Gasteiger partial charge in [-0.15, -0.1) is 0 Å². The first-order chi connectivity index (χ1) is 11.5. The molecule has 0 aromatic heterocycles. The topological polar surface area (TPSA) is 78.5 Å². The third-order valence-corrected chi connectivity index (χ3v) is 6.71. The zero-order chi connectivity index (χ0) is 17.2. The summed E-state index contributed by atoms with van der Waals surface area (Å²) >= 11 is 0. The normalized spacial score (nSPS) is 20.5. The molecule has 2 heterocycles. The minimum Gasteiger partial charge on any atom is -0.339 e. The van der Waals surface area contributed by atoms with Crippen LogP contribution in [0.4, 0.5) is 0 Å². The number of rotatable bonds is 4. The average Bonchev–Trinajstić information content (AvgIpc) is 3.03. The van der Waals surface area contributed by atoms with Crippen LogP contribution in [0.5, 0.6) is 0 Å². The molecule has 24 heavy (non-hydrogen) atoms. The summed E-state index contributed by atoms with van der Waals surface area (Å²) in [5.41, 5.74) is 0.794. The van der Waals surface area contributed by atoms with Crippen molar-refractivity contribution in [2.75, 3.05) is 32.7 Å². The van der Waals surface area contributed by atoms with Crippen molar-refractivity contribution >= 4 is 15.9 Å². The van der Waals surface area contributed by atoms with E-state index in [-0.39, 0.29) is 10.8 Å². The van der Waals surface area contributed by atoms with Gasteiger partial charge in [-0.25, -0.2) is 13.1 Å². The molecule has 1 aromatic rings. The van der Waals surface area contributed by atoms with Crippen molar-refractivity contribution in [3.63, 3.8) is 0 Å². The Morgan fingerprint density at radius 1 is 1.29 bits per heavy atom. The fraction of sp³-hybridized carbons (Fsp3) is 0.588. The lowest BCUT2D eigenvalue weighted by Gasteiger charge is -2.38. The number of hydrogen-bond donors (Lipinski definition) is 2. The van der Waals surface area contributed by atoms with Gasteiger partial charge >= 0.3 is 0 Å². The van der Waals surface area contributed by atoms with E-state index in [1.165, 1.54) is 18.6 Å². The first-order valence-electron chi connectivity index (χ1n) is 8.56. The van der Waals surface area contributed by atoms with Crippen molar-refractivity contribution in [1.82, 2.24) is 14.9 Å². The van der Waals surface area contributed by atoms with Crippen LogP contribution in [0.25, 0.3) is 0 Å². The first-order valence-corrected chi connectivity index (χ1v) is 10.0. The second-order valence-corrected chi connectivity index (χ2v) is 8.52. The number of likely N-dealkylation sites (tertiary alicyclic amines) is 1. The highest BCUT2D eigenvalue weighted by Crippen LogP contribution is 2.37. The van der Waals surface area contributed by atoms with E-state index in [2.05, 4.69) is 10.0 Å². The molecule has 1 aromatic carbocycles. The van der Waals surface area contributed by atoms with E-state index in [0.717, 1.165) is 39.0 Å². The van der Waals surface area contributed by atoms with Gasteiger partial charge in [-0.3, -0.25) is 4.79 Å². The fourth-order valence-electron chi connectivity index (χ4n) is 3.66. The van der Waals surface area contributed by atoms with Crippen LogP contribution in [0.3, 0.4) is 0 Å². The number of nitrogens with one attached hydrogen (secondary N) is 2. The molecule has 2 aliphatic heterocycles. The molecule has 2 aliphatic rings. The summed E-state index contributed by atoms with van der Waals surface area (Å²) in [5, 5.41) is 3.42. The molecular weight excluding hydrogens is 326 g/mol. The van der Waals surface area contributed by atoms with Crippen molar-refractivity contribution in [2.45, 2.75) is 31.1 Å². The number of piperidine rings is 1. The maximum absolute atomic E-state index is 12.7. The largest absolute Gasteiger partial charge is 0.339 e. The van der Waals surface area contributed by atoms with Crippen molar-refractivity contribution in [3.8, 4) is 0 Å². The molecule has 1 amide bonds. The van der Waals surface area contributed by atoms with E-state index in [1.54, 1.807) is 19.1 Å². The van der Waals surface area contributed by atoms with E-state index in [4.69, 9.17) is 0 Å². The highest BCUT2D eigenvalue weighted by Gasteiger charge is 2.38. The molecule has 3 rings (SSSR count). The van der Waals surface area contributed by atoms with Gasteiger partial charge in [-0.2, -0.15) is 0 Å². The monoisotopic (exact) mass is 351 g/mol. The van der Waals surface area contributed by atoms with Gasteiger partial charge in [-0.1, -0.05) is 13.0 Å². The second kappa shape index (κ2) is 6.82. The summed E-state index contributed by atoms with van der Waals surface area (Å²) in [5.74, 6) is -0.0793. The smallest absolute Gasteiger partial charge is 0.253 e. The van der Waals surface area contributed by atoms with Crippen LogP contribution in [0.1, 0.15) is 36.5 Å². The first kappa shape index (κ1) is 17.4. The van der Waals surface area contributed by atoms with Crippen LogP contribution in [-0.4, -0.2) is 51.9 Å². The number of benzene rings is 1. The highest BCUT2D eigenvalue weighted by atomic mass is 32.2. The molecule has 0 radical (unpaired) electrons. The molecule has 0 unspecified atom stereocenters. The Labute approximate surface area is 143 Å². The summed E-state index contributed by atoms with van der Waals surface area (Å²) in [7, 11) is -3.54. The summed E-state index contributed by atoms with van der Waals surface area (Å²) in [6, 6.07) is 6.31. The molecule has 0 aliphatic carbocycles. The van der Waals surface area contributed by atoms with Crippen molar-refractivity contribution in [1.29, 1.82) is 0 Å². The minimum atomic E-state index is -3.54. The van der Waals surface area contributed by atoms with Crippen LogP contribution < -0.4 is 10.0 Å². The lowest BCUT2D eigenvalue weighted by Crippen LogP contribution is -2.44. The molecule has 0 atom stereocenters. The van der Waals surface area contributed by atoms with Crippen LogP contribution in [0, 0.1) is 5.41 Å². The Bertz CT molecular complexity index is 702. The number of carbonyl (C=O) groups is 1. The minimum absolute atomic E-state index is 0.0793. The Kier molecular flexibility index (Phi) is 4.94. The molecule has 2 N–H and O–H groups in total. The SMILES string of the molecule is CCNS(=O)(=O)c1cccc(C(=O)N2CCC3(CCNC3)CC2)c1. The van der Waals surface area contributed by atoms with Crippen LogP contribution >= 0.6 is 0 Å². The molecular formula is C17H25N3O3S. The van der Waals surface area contributed by atoms with Gasteiger partial charge in [0.1, 0.15) is 0 Å². The lowest BCUT2D eigenvalue weighted by molar-refractivity contribution is 0.0607. The van der Waals surface area contributed by atoms with Gasteiger partial charge in [0, 0.05) is 31.7 Å². The molecule has 7 heteroatoms. The van der Waals surface area contributed by atoms with Gasteiger partial charge < -0.3 is 10.2 Å². The Morgan fingerprint density at radius 3 is 2.67 bits per heavy atom. The lowest BCUT2D eigenvalue weighted by atomic mass is 9.78. The van der Waals surface area contributed by atoms with Crippen LogP contribution in [-0.2, 0) is 10.0 Å². The Morgan fingerprint density at radius 2 is 2.04 bits per heavy atom.